The molecule has 1 saturated carbocycles. The number of rotatable bonds is 6. The van der Waals surface area contributed by atoms with Gasteiger partial charge in [0.2, 0.25) is 5.91 Å². The molecule has 2 aromatic carbocycles. The second-order valence-corrected chi connectivity index (χ2v) is 7.69. The Hall–Kier alpha value is -2.85. The van der Waals surface area contributed by atoms with Gasteiger partial charge in [-0.25, -0.2) is 0 Å². The van der Waals surface area contributed by atoms with Crippen LogP contribution in [-0.2, 0) is 23.3 Å². The number of pyridine rings is 1. The molecule has 0 radical (unpaired) electrons. The quantitative estimate of drug-likeness (QED) is 0.691. The van der Waals surface area contributed by atoms with E-state index in [1.807, 2.05) is 54.6 Å². The molecular weight excluding hydrogens is 372 g/mol. The molecule has 1 N–H and O–H groups in total. The van der Waals surface area contributed by atoms with E-state index in [2.05, 4.69) is 5.32 Å². The van der Waals surface area contributed by atoms with Crippen molar-refractivity contribution < 1.29 is 4.79 Å². The zero-order valence-corrected chi connectivity index (χ0v) is 16.2. The second-order valence-electron chi connectivity index (χ2n) is 7.26. The van der Waals surface area contributed by atoms with Crippen molar-refractivity contribution in [3.05, 3.63) is 105 Å². The van der Waals surface area contributed by atoms with E-state index in [4.69, 9.17) is 11.6 Å². The lowest BCUT2D eigenvalue weighted by Crippen LogP contribution is -2.34. The van der Waals surface area contributed by atoms with Crippen LogP contribution in [0.4, 0.5) is 0 Å². The van der Waals surface area contributed by atoms with Crippen LogP contribution in [0.1, 0.15) is 29.5 Å². The summed E-state index contributed by atoms with van der Waals surface area (Å²) in [5.41, 5.74) is 2.61. The molecule has 142 valence electrons. The largest absolute Gasteiger partial charge is 0.351 e. The molecule has 1 fully saturated rings. The highest BCUT2D eigenvalue weighted by Gasteiger charge is 2.51. The lowest BCUT2D eigenvalue weighted by Gasteiger charge is -2.16. The Morgan fingerprint density at radius 1 is 1.00 bits per heavy atom. The molecule has 1 heterocycles. The minimum Gasteiger partial charge on any atom is -0.351 e. The van der Waals surface area contributed by atoms with Gasteiger partial charge in [-0.3, -0.25) is 9.59 Å². The molecule has 1 aliphatic rings. The van der Waals surface area contributed by atoms with Crippen LogP contribution in [0, 0.1) is 0 Å². The van der Waals surface area contributed by atoms with Crippen molar-refractivity contribution in [2.75, 3.05) is 0 Å². The molecule has 4 nitrogen and oxygen atoms in total. The Morgan fingerprint density at radius 3 is 2.43 bits per heavy atom. The first-order chi connectivity index (χ1) is 13.6. The number of hydrogen-bond donors (Lipinski definition) is 1. The fourth-order valence-corrected chi connectivity index (χ4v) is 3.65. The highest BCUT2D eigenvalue weighted by Crippen LogP contribution is 2.48. The summed E-state index contributed by atoms with van der Waals surface area (Å²) in [7, 11) is 0. The smallest absolute Gasteiger partial charge is 0.250 e. The molecule has 0 atom stereocenters. The summed E-state index contributed by atoms with van der Waals surface area (Å²) >= 11 is 6.09. The molecule has 0 unspecified atom stereocenters. The van der Waals surface area contributed by atoms with Gasteiger partial charge in [0, 0.05) is 23.8 Å². The van der Waals surface area contributed by atoms with Gasteiger partial charge in [0.25, 0.3) is 5.56 Å². The fourth-order valence-electron chi connectivity index (χ4n) is 3.46. The predicted octanol–water partition coefficient (Wildman–Crippen LogP) is 3.90. The number of nitrogens with one attached hydrogen (secondary N) is 1. The number of aromatic nitrogens is 1. The average molecular weight is 393 g/mol. The van der Waals surface area contributed by atoms with Crippen molar-refractivity contribution in [1.29, 1.82) is 0 Å². The molecule has 0 aliphatic heterocycles. The van der Waals surface area contributed by atoms with Crippen LogP contribution >= 0.6 is 11.6 Å². The normalized spacial score (nSPS) is 14.5. The van der Waals surface area contributed by atoms with E-state index in [0.29, 0.717) is 18.1 Å². The molecule has 28 heavy (non-hydrogen) atoms. The molecule has 1 aliphatic carbocycles. The van der Waals surface area contributed by atoms with Gasteiger partial charge < -0.3 is 9.88 Å². The fraction of sp³-hybridized carbons (Fsp3) is 0.217. The summed E-state index contributed by atoms with van der Waals surface area (Å²) in [4.78, 5) is 24.6. The maximum Gasteiger partial charge on any atom is 0.250 e. The van der Waals surface area contributed by atoms with E-state index in [1.165, 1.54) is 0 Å². The van der Waals surface area contributed by atoms with Crippen LogP contribution < -0.4 is 10.9 Å². The average Bonchev–Trinajstić information content (AvgIpc) is 3.51. The summed E-state index contributed by atoms with van der Waals surface area (Å²) in [5, 5.41) is 3.72. The number of amides is 1. The number of carbonyl (C=O) groups is 1. The zero-order valence-electron chi connectivity index (χ0n) is 15.4. The van der Waals surface area contributed by atoms with E-state index >= 15 is 0 Å². The first-order valence-electron chi connectivity index (χ1n) is 9.34. The summed E-state index contributed by atoms with van der Waals surface area (Å²) in [5.74, 6) is 0.0506. The van der Waals surface area contributed by atoms with Gasteiger partial charge in [-0.15, -0.1) is 0 Å². The Labute approximate surface area is 168 Å². The summed E-state index contributed by atoms with van der Waals surface area (Å²) in [6.07, 6.45) is 3.48. The molecular formula is C23H21ClN2O2. The van der Waals surface area contributed by atoms with Crippen molar-refractivity contribution in [3.63, 3.8) is 0 Å². The van der Waals surface area contributed by atoms with E-state index in [1.54, 1.807) is 22.9 Å². The Bertz CT molecular complexity index is 1050. The number of benzene rings is 2. The lowest BCUT2D eigenvalue weighted by atomic mass is 9.95. The number of nitrogens with zero attached hydrogens (tertiary/aromatic N) is 1. The third-order valence-electron chi connectivity index (χ3n) is 5.29. The van der Waals surface area contributed by atoms with Gasteiger partial charge in [-0.2, -0.15) is 0 Å². The maximum atomic E-state index is 12.8. The Morgan fingerprint density at radius 2 is 1.75 bits per heavy atom. The van der Waals surface area contributed by atoms with E-state index in [-0.39, 0.29) is 11.5 Å². The third-order valence-corrected chi connectivity index (χ3v) is 5.52. The van der Waals surface area contributed by atoms with Crippen LogP contribution in [-0.4, -0.2) is 10.5 Å². The summed E-state index contributed by atoms with van der Waals surface area (Å²) in [6, 6.07) is 20.7. The van der Waals surface area contributed by atoms with E-state index < -0.39 is 5.41 Å². The molecule has 1 aromatic heterocycles. The highest BCUT2D eigenvalue weighted by molar-refractivity contribution is 6.30. The molecule has 1 amide bonds. The lowest BCUT2D eigenvalue weighted by molar-refractivity contribution is -0.123. The van der Waals surface area contributed by atoms with Crippen LogP contribution in [0.3, 0.4) is 0 Å². The van der Waals surface area contributed by atoms with Crippen molar-refractivity contribution in [2.45, 2.75) is 31.3 Å². The molecule has 3 aromatic rings. The maximum absolute atomic E-state index is 12.8. The second kappa shape index (κ2) is 7.64. The van der Waals surface area contributed by atoms with Crippen molar-refractivity contribution >= 4 is 17.5 Å². The molecule has 0 bridgehead atoms. The van der Waals surface area contributed by atoms with Crippen LogP contribution in [0.5, 0.6) is 0 Å². The molecule has 5 heteroatoms. The SMILES string of the molecule is O=C(NCc1ccc(Cn2ccccc2=O)cc1)C1(c2cccc(Cl)c2)CC1. The summed E-state index contributed by atoms with van der Waals surface area (Å²) < 4.78 is 1.67. The van der Waals surface area contributed by atoms with Crippen LogP contribution in [0.2, 0.25) is 5.02 Å². The molecule has 4 rings (SSSR count). The van der Waals surface area contributed by atoms with Gasteiger partial charge in [0.15, 0.2) is 0 Å². The monoisotopic (exact) mass is 392 g/mol. The predicted molar refractivity (Wildman–Crippen MR) is 110 cm³/mol. The molecule has 0 saturated heterocycles. The minimum absolute atomic E-state index is 0.0189. The zero-order chi connectivity index (χ0) is 19.6. The van der Waals surface area contributed by atoms with Crippen LogP contribution in [0.15, 0.2) is 77.7 Å². The van der Waals surface area contributed by atoms with Crippen molar-refractivity contribution in [1.82, 2.24) is 9.88 Å². The van der Waals surface area contributed by atoms with Gasteiger partial charge in [-0.1, -0.05) is 54.1 Å². The highest BCUT2D eigenvalue weighted by atomic mass is 35.5. The Kier molecular flexibility index (Phi) is 5.05. The van der Waals surface area contributed by atoms with E-state index in [0.717, 1.165) is 29.5 Å². The van der Waals surface area contributed by atoms with E-state index in [9.17, 15) is 9.59 Å². The van der Waals surface area contributed by atoms with Gasteiger partial charge in [0.05, 0.1) is 12.0 Å². The third kappa shape index (κ3) is 3.87. The number of hydrogen-bond acceptors (Lipinski definition) is 2. The van der Waals surface area contributed by atoms with Gasteiger partial charge in [-0.05, 0) is 47.7 Å². The number of carbonyl (C=O) groups excluding carboxylic acids is 1. The van der Waals surface area contributed by atoms with Crippen molar-refractivity contribution in [3.8, 4) is 0 Å². The summed E-state index contributed by atoms with van der Waals surface area (Å²) in [6.45, 7) is 1.01. The first kappa shape index (κ1) is 18.5. The Balaban J connectivity index is 1.38. The topological polar surface area (TPSA) is 51.1 Å². The first-order valence-corrected chi connectivity index (χ1v) is 9.72. The van der Waals surface area contributed by atoms with Crippen LogP contribution in [0.25, 0.3) is 0 Å². The minimum atomic E-state index is -0.431. The standard InChI is InChI=1S/C23H21ClN2O2/c24-20-5-3-4-19(14-20)23(11-12-23)22(28)25-15-17-7-9-18(10-8-17)16-26-13-2-1-6-21(26)27/h1-10,13-14H,11-12,15-16H2,(H,25,28). The number of halogens is 1. The van der Waals surface area contributed by atoms with Gasteiger partial charge in [0.1, 0.15) is 0 Å². The molecule has 0 spiro atoms. The van der Waals surface area contributed by atoms with Gasteiger partial charge >= 0.3 is 0 Å². The van der Waals surface area contributed by atoms with Crippen molar-refractivity contribution in [2.24, 2.45) is 0 Å².